The Bertz CT molecular complexity index is 645. The zero-order valence-corrected chi connectivity index (χ0v) is 11.6. The zero-order chi connectivity index (χ0) is 13.9. The van der Waals surface area contributed by atoms with E-state index in [1.165, 1.54) is 27.8 Å². The molecule has 1 aromatic rings. The van der Waals surface area contributed by atoms with Gasteiger partial charge >= 0.3 is 0 Å². The number of aliphatic hydroxyl groups excluding tert-OH is 1. The van der Waals surface area contributed by atoms with Crippen LogP contribution >= 0.6 is 0 Å². The number of allylic oxidation sites excluding steroid dienone is 6. The number of aliphatic hydroxyl groups is 1. The summed E-state index contributed by atoms with van der Waals surface area (Å²) in [6, 6.07) is 8.44. The molecule has 0 atom stereocenters. The Kier molecular flexibility index (Phi) is 3.57. The van der Waals surface area contributed by atoms with Gasteiger partial charge < -0.3 is 9.84 Å². The fourth-order valence-corrected chi connectivity index (χ4v) is 2.83. The smallest absolute Gasteiger partial charge is 0.123 e. The molecule has 20 heavy (non-hydrogen) atoms. The molecule has 1 aromatic carbocycles. The molecule has 0 radical (unpaired) electrons. The molecule has 2 nitrogen and oxygen atoms in total. The van der Waals surface area contributed by atoms with Crippen LogP contribution in [0, 0.1) is 0 Å². The molecule has 0 fully saturated rings. The summed E-state index contributed by atoms with van der Waals surface area (Å²) in [6.45, 7) is 2.46. The summed E-state index contributed by atoms with van der Waals surface area (Å²) in [5, 5.41) is 8.92. The van der Waals surface area contributed by atoms with E-state index < -0.39 is 0 Å². The van der Waals surface area contributed by atoms with Crippen molar-refractivity contribution >= 4 is 11.6 Å². The third-order valence-corrected chi connectivity index (χ3v) is 3.69. The number of hydrogen-bond donors (Lipinski definition) is 1. The van der Waals surface area contributed by atoms with E-state index in [-0.39, 0.29) is 6.61 Å². The van der Waals surface area contributed by atoms with Gasteiger partial charge in [-0.05, 0) is 47.8 Å². The quantitative estimate of drug-likeness (QED) is 0.900. The first-order valence-electron chi connectivity index (χ1n) is 6.96. The van der Waals surface area contributed by atoms with Gasteiger partial charge in [0.1, 0.15) is 12.4 Å². The van der Waals surface area contributed by atoms with Gasteiger partial charge in [0.25, 0.3) is 0 Å². The number of benzene rings is 1. The van der Waals surface area contributed by atoms with Crippen molar-refractivity contribution in [3.8, 4) is 0 Å². The SMILES string of the molecule is CC=C1C(C2=C(OCCO)C=CC2)=Cc2ccccc21. The molecule has 2 heteroatoms. The molecule has 0 amide bonds. The maximum atomic E-state index is 8.92. The van der Waals surface area contributed by atoms with Crippen LogP contribution in [-0.2, 0) is 4.74 Å². The maximum Gasteiger partial charge on any atom is 0.123 e. The standard InChI is InChI=1S/C18H18O2/c1-2-14-15-7-4-3-6-13(15)12-17(14)16-8-5-9-18(16)20-11-10-19/h2-7,9,12,19H,8,10-11H2,1H3. The van der Waals surface area contributed by atoms with Crippen molar-refractivity contribution in [2.45, 2.75) is 13.3 Å². The minimum atomic E-state index is 0.0420. The molecule has 102 valence electrons. The number of rotatable bonds is 4. The highest BCUT2D eigenvalue weighted by Gasteiger charge is 2.24. The van der Waals surface area contributed by atoms with Crippen LogP contribution in [0.1, 0.15) is 24.5 Å². The molecule has 2 aliphatic rings. The lowest BCUT2D eigenvalue weighted by molar-refractivity contribution is 0.151. The summed E-state index contributed by atoms with van der Waals surface area (Å²) in [5.41, 5.74) is 6.27. The van der Waals surface area contributed by atoms with E-state index in [2.05, 4.69) is 49.4 Å². The van der Waals surface area contributed by atoms with Gasteiger partial charge in [0.2, 0.25) is 0 Å². The Morgan fingerprint density at radius 1 is 1.30 bits per heavy atom. The topological polar surface area (TPSA) is 29.5 Å². The van der Waals surface area contributed by atoms with Gasteiger partial charge in [-0.2, -0.15) is 0 Å². The summed E-state index contributed by atoms with van der Waals surface area (Å²) >= 11 is 0. The maximum absolute atomic E-state index is 8.92. The molecule has 0 unspecified atom stereocenters. The highest BCUT2D eigenvalue weighted by molar-refractivity contribution is 5.98. The molecule has 0 heterocycles. The molecule has 0 aliphatic heterocycles. The lowest BCUT2D eigenvalue weighted by Crippen LogP contribution is -2.00. The van der Waals surface area contributed by atoms with Crippen LogP contribution in [0.25, 0.3) is 11.6 Å². The van der Waals surface area contributed by atoms with Crippen molar-refractivity contribution < 1.29 is 9.84 Å². The van der Waals surface area contributed by atoms with Crippen LogP contribution in [-0.4, -0.2) is 18.3 Å². The lowest BCUT2D eigenvalue weighted by atomic mass is 9.96. The fraction of sp³-hybridized carbons (Fsp3) is 0.222. The Morgan fingerprint density at radius 2 is 2.15 bits per heavy atom. The molecule has 0 aromatic heterocycles. The molecule has 3 rings (SSSR count). The largest absolute Gasteiger partial charge is 0.491 e. The van der Waals surface area contributed by atoms with Crippen molar-refractivity contribution in [3.05, 3.63) is 70.5 Å². The lowest BCUT2D eigenvalue weighted by Gasteiger charge is -2.12. The molecule has 1 N–H and O–H groups in total. The normalized spacial score (nSPS) is 18.7. The average Bonchev–Trinajstić information content (AvgIpc) is 3.08. The van der Waals surface area contributed by atoms with Crippen molar-refractivity contribution in [2.24, 2.45) is 0 Å². The third-order valence-electron chi connectivity index (χ3n) is 3.69. The van der Waals surface area contributed by atoms with E-state index in [4.69, 9.17) is 9.84 Å². The van der Waals surface area contributed by atoms with Crippen molar-refractivity contribution in [3.63, 3.8) is 0 Å². The van der Waals surface area contributed by atoms with Crippen LogP contribution in [0.5, 0.6) is 0 Å². The number of ether oxygens (including phenoxy) is 1. The zero-order valence-electron chi connectivity index (χ0n) is 11.6. The van der Waals surface area contributed by atoms with Crippen LogP contribution in [0.2, 0.25) is 0 Å². The van der Waals surface area contributed by atoms with E-state index in [0.717, 1.165) is 12.2 Å². The molecule has 0 spiro atoms. The third kappa shape index (κ3) is 2.12. The van der Waals surface area contributed by atoms with E-state index in [1.54, 1.807) is 0 Å². The van der Waals surface area contributed by atoms with Crippen LogP contribution in [0.4, 0.5) is 0 Å². The Balaban J connectivity index is 2.00. The average molecular weight is 266 g/mol. The van der Waals surface area contributed by atoms with Crippen LogP contribution in [0.3, 0.4) is 0 Å². The van der Waals surface area contributed by atoms with Gasteiger partial charge in [0.05, 0.1) is 6.61 Å². The minimum absolute atomic E-state index is 0.0420. The van der Waals surface area contributed by atoms with Gasteiger partial charge in [-0.1, -0.05) is 36.4 Å². The Hall–Kier alpha value is -2.06. The van der Waals surface area contributed by atoms with Crippen LogP contribution in [0.15, 0.2) is 59.4 Å². The molecular formula is C18H18O2. The Morgan fingerprint density at radius 3 is 2.95 bits per heavy atom. The van der Waals surface area contributed by atoms with Crippen molar-refractivity contribution in [2.75, 3.05) is 13.2 Å². The van der Waals surface area contributed by atoms with Gasteiger partial charge in [0, 0.05) is 5.57 Å². The van der Waals surface area contributed by atoms with E-state index in [9.17, 15) is 0 Å². The highest BCUT2D eigenvalue weighted by Crippen LogP contribution is 2.42. The van der Waals surface area contributed by atoms with Crippen molar-refractivity contribution in [1.29, 1.82) is 0 Å². The molecular weight excluding hydrogens is 248 g/mol. The highest BCUT2D eigenvalue weighted by atomic mass is 16.5. The van der Waals surface area contributed by atoms with Gasteiger partial charge in [0.15, 0.2) is 0 Å². The monoisotopic (exact) mass is 266 g/mol. The van der Waals surface area contributed by atoms with Gasteiger partial charge in [-0.3, -0.25) is 0 Å². The number of hydrogen-bond acceptors (Lipinski definition) is 2. The van der Waals surface area contributed by atoms with Gasteiger partial charge in [-0.25, -0.2) is 0 Å². The minimum Gasteiger partial charge on any atom is -0.491 e. The molecule has 2 aliphatic carbocycles. The van der Waals surface area contributed by atoms with Crippen molar-refractivity contribution in [1.82, 2.24) is 0 Å². The summed E-state index contributed by atoms with van der Waals surface area (Å²) < 4.78 is 5.64. The Labute approximate surface area is 119 Å². The van der Waals surface area contributed by atoms with E-state index >= 15 is 0 Å². The van der Waals surface area contributed by atoms with E-state index in [1.807, 2.05) is 6.08 Å². The first kappa shape index (κ1) is 12.9. The van der Waals surface area contributed by atoms with Crippen LogP contribution < -0.4 is 0 Å². The summed E-state index contributed by atoms with van der Waals surface area (Å²) in [4.78, 5) is 0. The van der Waals surface area contributed by atoms with Gasteiger partial charge in [-0.15, -0.1) is 0 Å². The summed E-state index contributed by atoms with van der Waals surface area (Å²) in [7, 11) is 0. The second-order valence-electron chi connectivity index (χ2n) is 4.87. The summed E-state index contributed by atoms with van der Waals surface area (Å²) in [5.74, 6) is 0.887. The summed E-state index contributed by atoms with van der Waals surface area (Å²) in [6.07, 6.45) is 9.39. The predicted molar refractivity (Wildman–Crippen MR) is 81.9 cm³/mol. The predicted octanol–water partition coefficient (Wildman–Crippen LogP) is 3.71. The fourth-order valence-electron chi connectivity index (χ4n) is 2.83. The number of fused-ring (bicyclic) bond motifs is 1. The second kappa shape index (κ2) is 5.51. The molecule has 0 saturated heterocycles. The first-order chi connectivity index (χ1) is 9.85. The molecule has 0 saturated carbocycles. The van der Waals surface area contributed by atoms with E-state index in [0.29, 0.717) is 6.61 Å². The molecule has 0 bridgehead atoms. The second-order valence-corrected chi connectivity index (χ2v) is 4.87. The first-order valence-corrected chi connectivity index (χ1v) is 6.96.